The highest BCUT2D eigenvalue weighted by Crippen LogP contribution is 2.29. The van der Waals surface area contributed by atoms with Gasteiger partial charge in [0.25, 0.3) is 6.36 Å². The van der Waals surface area contributed by atoms with Gasteiger partial charge in [-0.2, -0.15) is 4.39 Å². The van der Waals surface area contributed by atoms with Crippen LogP contribution in [0.4, 0.5) is 24.9 Å². The van der Waals surface area contributed by atoms with Crippen LogP contribution in [0.1, 0.15) is 37.8 Å². The number of anilines is 2. The molecular weight excluding hydrogens is 515 g/mol. The SMILES string of the molecule is CCC(C(=O)Nc1ccc(-c2cncc(OC(F)C(F)F)n2)cn1)c1ccnc(NS(=O)(=O)C2CC2)n1. The van der Waals surface area contributed by atoms with E-state index in [1.165, 1.54) is 30.7 Å². The lowest BCUT2D eigenvalue weighted by molar-refractivity contribution is -0.117. The van der Waals surface area contributed by atoms with Gasteiger partial charge < -0.3 is 10.1 Å². The maximum atomic E-state index is 13.1. The fraction of sp³-hybridized carbons (Fsp3) is 0.364. The van der Waals surface area contributed by atoms with Crippen molar-refractivity contribution in [2.24, 2.45) is 0 Å². The highest BCUT2D eigenvalue weighted by molar-refractivity contribution is 7.93. The highest BCUT2D eigenvalue weighted by atomic mass is 32.2. The summed E-state index contributed by atoms with van der Waals surface area (Å²) in [5.41, 5.74) is 0.943. The third kappa shape index (κ3) is 6.67. The van der Waals surface area contributed by atoms with Gasteiger partial charge in [-0.25, -0.2) is 37.1 Å². The summed E-state index contributed by atoms with van der Waals surface area (Å²) in [5.74, 6) is -1.45. The van der Waals surface area contributed by atoms with E-state index in [0.29, 0.717) is 30.5 Å². The zero-order valence-electron chi connectivity index (χ0n) is 19.4. The number of nitrogens with zero attached hydrogens (tertiary/aromatic N) is 5. The molecule has 0 saturated heterocycles. The van der Waals surface area contributed by atoms with Crippen LogP contribution in [0.3, 0.4) is 0 Å². The number of nitrogens with one attached hydrogen (secondary N) is 2. The van der Waals surface area contributed by atoms with Crippen LogP contribution >= 0.6 is 0 Å². The second kappa shape index (κ2) is 11.0. The number of carbonyl (C=O) groups excluding carboxylic acids is 1. The van der Waals surface area contributed by atoms with E-state index in [1.54, 1.807) is 13.0 Å². The maximum Gasteiger partial charge on any atom is 0.304 e. The Morgan fingerprint density at radius 1 is 1.11 bits per heavy atom. The minimum absolute atomic E-state index is 0.0990. The summed E-state index contributed by atoms with van der Waals surface area (Å²) < 4.78 is 69.0. The summed E-state index contributed by atoms with van der Waals surface area (Å²) in [6, 6.07) is 4.57. The quantitative estimate of drug-likeness (QED) is 0.376. The monoisotopic (exact) mass is 537 g/mol. The molecule has 1 aliphatic carbocycles. The third-order valence-corrected chi connectivity index (χ3v) is 7.13. The average molecular weight is 538 g/mol. The summed E-state index contributed by atoms with van der Waals surface area (Å²) >= 11 is 0. The van der Waals surface area contributed by atoms with Crippen molar-refractivity contribution in [2.45, 2.75) is 50.1 Å². The zero-order valence-corrected chi connectivity index (χ0v) is 20.2. The lowest BCUT2D eigenvalue weighted by atomic mass is 10.0. The maximum absolute atomic E-state index is 13.1. The molecular formula is C22H22F3N7O4S. The second-order valence-electron chi connectivity index (χ2n) is 8.08. The molecule has 2 unspecified atom stereocenters. The minimum Gasteiger partial charge on any atom is -0.436 e. The molecule has 3 aromatic heterocycles. The van der Waals surface area contributed by atoms with Crippen molar-refractivity contribution >= 4 is 27.7 Å². The summed E-state index contributed by atoms with van der Waals surface area (Å²) in [6.07, 6.45) is 0.426. The third-order valence-electron chi connectivity index (χ3n) is 5.31. The van der Waals surface area contributed by atoms with Crippen molar-refractivity contribution in [2.75, 3.05) is 10.0 Å². The van der Waals surface area contributed by atoms with Gasteiger partial charge >= 0.3 is 6.43 Å². The average Bonchev–Trinajstić information content (AvgIpc) is 3.72. The Morgan fingerprint density at radius 2 is 1.89 bits per heavy atom. The lowest BCUT2D eigenvalue weighted by Gasteiger charge is -2.15. The zero-order chi connectivity index (χ0) is 26.6. The molecule has 0 aromatic carbocycles. The molecule has 11 nitrogen and oxygen atoms in total. The van der Waals surface area contributed by atoms with Crippen LogP contribution in [0.2, 0.25) is 0 Å². The van der Waals surface area contributed by atoms with E-state index in [0.717, 1.165) is 6.20 Å². The predicted octanol–water partition coefficient (Wildman–Crippen LogP) is 3.30. The molecule has 1 amide bonds. The second-order valence-corrected chi connectivity index (χ2v) is 10.0. The largest absolute Gasteiger partial charge is 0.436 e. The number of alkyl halides is 3. The van der Waals surface area contributed by atoms with Gasteiger partial charge in [0.1, 0.15) is 5.82 Å². The molecule has 1 saturated carbocycles. The van der Waals surface area contributed by atoms with E-state index in [1.807, 2.05) is 0 Å². The number of pyridine rings is 1. The topological polar surface area (TPSA) is 149 Å². The molecule has 3 heterocycles. The molecule has 2 N–H and O–H groups in total. The van der Waals surface area contributed by atoms with Crippen LogP contribution in [0.5, 0.6) is 5.88 Å². The Labute approximate surface area is 210 Å². The number of hydrogen-bond acceptors (Lipinski definition) is 9. The van der Waals surface area contributed by atoms with Crippen LogP contribution in [0, 0.1) is 0 Å². The Kier molecular flexibility index (Phi) is 7.80. The van der Waals surface area contributed by atoms with Crippen molar-refractivity contribution < 1.29 is 31.1 Å². The van der Waals surface area contributed by atoms with E-state index in [4.69, 9.17) is 0 Å². The number of sulfonamides is 1. The summed E-state index contributed by atoms with van der Waals surface area (Å²) in [4.78, 5) is 33.0. The molecule has 37 heavy (non-hydrogen) atoms. The van der Waals surface area contributed by atoms with Gasteiger partial charge in [-0.3, -0.25) is 14.5 Å². The minimum atomic E-state index is -3.55. The molecule has 2 atom stereocenters. The van der Waals surface area contributed by atoms with E-state index in [9.17, 15) is 26.4 Å². The van der Waals surface area contributed by atoms with Crippen molar-refractivity contribution in [1.29, 1.82) is 0 Å². The van der Waals surface area contributed by atoms with Crippen molar-refractivity contribution in [3.8, 4) is 17.1 Å². The molecule has 1 fully saturated rings. The van der Waals surface area contributed by atoms with Crippen molar-refractivity contribution in [3.63, 3.8) is 0 Å². The van der Waals surface area contributed by atoms with Gasteiger partial charge in [0.05, 0.1) is 34.9 Å². The fourth-order valence-corrected chi connectivity index (χ4v) is 4.55. The van der Waals surface area contributed by atoms with Crippen LogP contribution in [-0.2, 0) is 14.8 Å². The Balaban J connectivity index is 1.43. The molecule has 0 spiro atoms. The van der Waals surface area contributed by atoms with Gasteiger partial charge in [-0.05, 0) is 37.5 Å². The standard InChI is InChI=1S/C22H22F3N7O4S/c1-2-14(15-7-8-27-22(30-15)32-37(34,35)13-4-5-13)21(33)31-17-6-3-12(9-28-17)16-10-26-11-18(29-16)36-20(25)19(23)24/h3,6-11,13-14,19-20H,2,4-5H2,1H3,(H,27,30,32)(H,28,31,33). The number of amides is 1. The number of hydrogen-bond donors (Lipinski definition) is 2. The fourth-order valence-electron chi connectivity index (χ4n) is 3.28. The number of halogens is 3. The Morgan fingerprint density at radius 3 is 2.54 bits per heavy atom. The van der Waals surface area contributed by atoms with Crippen LogP contribution in [0.15, 0.2) is 43.0 Å². The van der Waals surface area contributed by atoms with Gasteiger partial charge in [-0.1, -0.05) is 6.92 Å². The molecule has 0 radical (unpaired) electrons. The molecule has 0 aliphatic heterocycles. The first-order chi connectivity index (χ1) is 17.7. The van der Waals surface area contributed by atoms with Gasteiger partial charge in [0.2, 0.25) is 27.8 Å². The lowest BCUT2D eigenvalue weighted by Crippen LogP contribution is -2.23. The van der Waals surface area contributed by atoms with E-state index >= 15 is 0 Å². The molecule has 1 aliphatic rings. The first-order valence-corrected chi connectivity index (χ1v) is 12.7. The van der Waals surface area contributed by atoms with E-state index < -0.39 is 45.8 Å². The van der Waals surface area contributed by atoms with Gasteiger partial charge in [-0.15, -0.1) is 0 Å². The summed E-state index contributed by atoms with van der Waals surface area (Å²) in [6.45, 7) is 1.78. The Hall–Kier alpha value is -3.88. The number of aromatic nitrogens is 5. The van der Waals surface area contributed by atoms with E-state index in [2.05, 4.69) is 39.7 Å². The van der Waals surface area contributed by atoms with Crippen LogP contribution in [-0.4, -0.2) is 57.3 Å². The summed E-state index contributed by atoms with van der Waals surface area (Å²) in [7, 11) is -3.55. The molecule has 3 aromatic rings. The van der Waals surface area contributed by atoms with Crippen molar-refractivity contribution in [1.82, 2.24) is 24.9 Å². The van der Waals surface area contributed by atoms with Gasteiger partial charge in [0.15, 0.2) is 0 Å². The van der Waals surface area contributed by atoms with Gasteiger partial charge in [0, 0.05) is 18.0 Å². The normalized spacial score (nSPS) is 15.2. The summed E-state index contributed by atoms with van der Waals surface area (Å²) in [5, 5.41) is 2.23. The van der Waals surface area contributed by atoms with E-state index in [-0.39, 0.29) is 17.5 Å². The molecule has 196 valence electrons. The Bertz CT molecular complexity index is 1360. The molecule has 4 rings (SSSR count). The highest BCUT2D eigenvalue weighted by Gasteiger charge is 2.36. The van der Waals surface area contributed by atoms with Crippen molar-refractivity contribution in [3.05, 3.63) is 48.7 Å². The predicted molar refractivity (Wildman–Crippen MR) is 126 cm³/mol. The van der Waals surface area contributed by atoms with Crippen LogP contribution < -0.4 is 14.8 Å². The number of rotatable bonds is 11. The smallest absolute Gasteiger partial charge is 0.304 e. The molecule has 0 bridgehead atoms. The van der Waals surface area contributed by atoms with Crippen LogP contribution in [0.25, 0.3) is 11.3 Å². The number of ether oxygens (including phenoxy) is 1. The first kappa shape index (κ1) is 26.2. The number of carbonyl (C=O) groups is 1. The first-order valence-electron chi connectivity index (χ1n) is 11.2. The molecule has 15 heteroatoms.